The SMILES string of the molecule is CCCC[Si](OC)(OC)OCCCCO[Si](CCCOCC1CO1)(OC)OC. The molecule has 0 aromatic carbocycles. The van der Waals surface area contributed by atoms with E-state index in [1.54, 1.807) is 28.4 Å². The Hall–Kier alpha value is 0.114. The second-order valence-electron chi connectivity index (χ2n) is 6.82. The predicted molar refractivity (Wildman–Crippen MR) is 110 cm³/mol. The van der Waals surface area contributed by atoms with Crippen LogP contribution in [0.1, 0.15) is 39.0 Å². The van der Waals surface area contributed by atoms with Crippen molar-refractivity contribution in [2.24, 2.45) is 0 Å². The molecule has 0 N–H and O–H groups in total. The summed E-state index contributed by atoms with van der Waals surface area (Å²) in [5.74, 6) is 0. The third-order valence-electron chi connectivity index (χ3n) is 4.74. The molecule has 10 heteroatoms. The van der Waals surface area contributed by atoms with Crippen molar-refractivity contribution in [1.29, 1.82) is 0 Å². The van der Waals surface area contributed by atoms with Crippen LogP contribution in [0.5, 0.6) is 0 Å². The molecule has 0 aromatic heterocycles. The zero-order valence-electron chi connectivity index (χ0n) is 18.3. The van der Waals surface area contributed by atoms with Crippen molar-refractivity contribution < 1.29 is 36.0 Å². The summed E-state index contributed by atoms with van der Waals surface area (Å²) in [4.78, 5) is 0. The standard InChI is InChI=1S/C18H40O8Si2/c1-6-7-14-27(19-2,20-3)25-12-8-9-13-26-28(21-4,22-5)15-10-11-23-16-18-17-24-18/h18H,6-17H2,1-5H3. The van der Waals surface area contributed by atoms with Gasteiger partial charge < -0.3 is 36.0 Å². The maximum atomic E-state index is 6.03. The summed E-state index contributed by atoms with van der Waals surface area (Å²) in [6, 6.07) is 1.59. The number of ether oxygens (including phenoxy) is 2. The highest BCUT2D eigenvalue weighted by Gasteiger charge is 2.39. The van der Waals surface area contributed by atoms with E-state index in [4.69, 9.17) is 36.0 Å². The largest absolute Gasteiger partial charge is 0.500 e. The molecule has 1 aliphatic rings. The molecule has 1 heterocycles. The maximum Gasteiger partial charge on any atom is 0.500 e. The second kappa shape index (κ2) is 15.0. The van der Waals surface area contributed by atoms with Crippen molar-refractivity contribution in [3.05, 3.63) is 0 Å². The third-order valence-corrected chi connectivity index (χ3v) is 10.4. The van der Waals surface area contributed by atoms with Crippen LogP contribution in [0.3, 0.4) is 0 Å². The summed E-state index contributed by atoms with van der Waals surface area (Å²) in [7, 11) is 1.52. The minimum atomic E-state index is -2.63. The molecule has 0 spiro atoms. The molecule has 1 saturated heterocycles. The van der Waals surface area contributed by atoms with Crippen LogP contribution in [-0.2, 0) is 36.0 Å². The van der Waals surface area contributed by atoms with E-state index in [1.165, 1.54) is 0 Å². The fourth-order valence-electron chi connectivity index (χ4n) is 2.78. The monoisotopic (exact) mass is 440 g/mol. The molecule has 1 fully saturated rings. The number of hydrogen-bond donors (Lipinski definition) is 0. The van der Waals surface area contributed by atoms with Gasteiger partial charge in [-0.3, -0.25) is 0 Å². The van der Waals surface area contributed by atoms with Crippen LogP contribution in [0.25, 0.3) is 0 Å². The molecule has 8 nitrogen and oxygen atoms in total. The van der Waals surface area contributed by atoms with E-state index in [9.17, 15) is 0 Å². The Morgan fingerprint density at radius 1 is 0.750 bits per heavy atom. The molecule has 1 aliphatic heterocycles. The smallest absolute Gasteiger partial charge is 0.379 e. The first kappa shape index (κ1) is 26.1. The molecular formula is C18H40O8Si2. The van der Waals surface area contributed by atoms with Gasteiger partial charge in [-0.25, -0.2) is 0 Å². The lowest BCUT2D eigenvalue weighted by Crippen LogP contribution is -2.44. The quantitative estimate of drug-likeness (QED) is 0.162. The molecule has 0 bridgehead atoms. The summed E-state index contributed by atoms with van der Waals surface area (Å²) in [5, 5.41) is 0. The first-order valence-electron chi connectivity index (χ1n) is 10.3. The molecular weight excluding hydrogens is 400 g/mol. The molecule has 0 aliphatic carbocycles. The van der Waals surface area contributed by atoms with E-state index in [1.807, 2.05) is 0 Å². The minimum absolute atomic E-state index is 0.297. The van der Waals surface area contributed by atoms with E-state index in [2.05, 4.69) is 6.92 Å². The maximum absolute atomic E-state index is 6.03. The molecule has 28 heavy (non-hydrogen) atoms. The minimum Gasteiger partial charge on any atom is -0.379 e. The third kappa shape index (κ3) is 10.2. The van der Waals surface area contributed by atoms with Gasteiger partial charge in [0.1, 0.15) is 6.10 Å². The van der Waals surface area contributed by atoms with E-state index in [-0.39, 0.29) is 0 Å². The number of unbranched alkanes of at least 4 members (excludes halogenated alkanes) is 2. The number of epoxide rings is 1. The summed E-state index contributed by atoms with van der Waals surface area (Å²) >= 11 is 0. The van der Waals surface area contributed by atoms with E-state index >= 15 is 0 Å². The zero-order chi connectivity index (χ0) is 20.7. The fraction of sp³-hybridized carbons (Fsp3) is 1.00. The summed E-state index contributed by atoms with van der Waals surface area (Å²) < 4.78 is 45.1. The summed E-state index contributed by atoms with van der Waals surface area (Å²) in [6.45, 7) is 5.48. The lowest BCUT2D eigenvalue weighted by atomic mass is 10.3. The Morgan fingerprint density at radius 2 is 1.25 bits per heavy atom. The topological polar surface area (TPSA) is 77.1 Å². The summed E-state index contributed by atoms with van der Waals surface area (Å²) in [6.07, 6.45) is 5.02. The Bertz CT molecular complexity index is 377. The first-order chi connectivity index (χ1) is 13.6. The molecule has 1 atom stereocenters. The van der Waals surface area contributed by atoms with Gasteiger partial charge in [0.2, 0.25) is 0 Å². The predicted octanol–water partition coefficient (Wildman–Crippen LogP) is 2.87. The van der Waals surface area contributed by atoms with Crippen LogP contribution in [0.15, 0.2) is 0 Å². The number of hydrogen-bond acceptors (Lipinski definition) is 8. The average Bonchev–Trinajstić information content (AvgIpc) is 3.56. The van der Waals surface area contributed by atoms with Crippen molar-refractivity contribution in [3.8, 4) is 0 Å². The van der Waals surface area contributed by atoms with Gasteiger partial charge in [0.05, 0.1) is 13.2 Å². The molecule has 0 amide bonds. The van der Waals surface area contributed by atoms with Crippen LogP contribution in [-0.4, -0.2) is 85.2 Å². The molecule has 0 saturated carbocycles. The molecule has 168 valence electrons. The van der Waals surface area contributed by atoms with E-state index < -0.39 is 17.6 Å². The van der Waals surface area contributed by atoms with E-state index in [0.29, 0.717) is 32.5 Å². The fourth-order valence-corrected chi connectivity index (χ4v) is 6.96. The molecule has 0 radical (unpaired) electrons. The van der Waals surface area contributed by atoms with Gasteiger partial charge in [0.15, 0.2) is 0 Å². The highest BCUT2D eigenvalue weighted by Crippen LogP contribution is 2.19. The van der Waals surface area contributed by atoms with Crippen LogP contribution < -0.4 is 0 Å². The Labute approximate surface area is 172 Å². The highest BCUT2D eigenvalue weighted by atomic mass is 28.4. The molecule has 1 rings (SSSR count). The second-order valence-corrected chi connectivity index (χ2v) is 12.8. The van der Waals surface area contributed by atoms with Crippen molar-refractivity contribution in [2.75, 3.05) is 61.5 Å². The average molecular weight is 441 g/mol. The first-order valence-corrected chi connectivity index (χ1v) is 14.1. The Balaban J connectivity index is 2.19. The normalized spacial score (nSPS) is 17.2. The van der Waals surface area contributed by atoms with Gasteiger partial charge in [0.25, 0.3) is 0 Å². The van der Waals surface area contributed by atoms with Crippen LogP contribution in [0, 0.1) is 0 Å². The van der Waals surface area contributed by atoms with Gasteiger partial charge in [-0.2, -0.15) is 0 Å². The van der Waals surface area contributed by atoms with Crippen molar-refractivity contribution in [2.45, 2.75) is 57.2 Å². The van der Waals surface area contributed by atoms with Crippen LogP contribution >= 0.6 is 0 Å². The van der Waals surface area contributed by atoms with Gasteiger partial charge in [-0.15, -0.1) is 0 Å². The Kier molecular flexibility index (Phi) is 14.0. The van der Waals surface area contributed by atoms with E-state index in [0.717, 1.165) is 50.8 Å². The van der Waals surface area contributed by atoms with Crippen molar-refractivity contribution in [1.82, 2.24) is 0 Å². The summed E-state index contributed by atoms with van der Waals surface area (Å²) in [5.41, 5.74) is 0. The van der Waals surface area contributed by atoms with Crippen molar-refractivity contribution in [3.63, 3.8) is 0 Å². The van der Waals surface area contributed by atoms with Gasteiger partial charge in [0, 0.05) is 60.3 Å². The van der Waals surface area contributed by atoms with Gasteiger partial charge in [-0.1, -0.05) is 13.3 Å². The van der Waals surface area contributed by atoms with Crippen LogP contribution in [0.4, 0.5) is 0 Å². The van der Waals surface area contributed by atoms with Crippen molar-refractivity contribution >= 4 is 17.6 Å². The Morgan fingerprint density at radius 3 is 1.68 bits per heavy atom. The molecule has 1 unspecified atom stereocenters. The van der Waals surface area contributed by atoms with Crippen LogP contribution in [0.2, 0.25) is 12.1 Å². The lowest BCUT2D eigenvalue weighted by Gasteiger charge is -2.27. The van der Waals surface area contributed by atoms with Gasteiger partial charge in [-0.05, 0) is 25.7 Å². The zero-order valence-corrected chi connectivity index (χ0v) is 20.3. The molecule has 0 aromatic rings. The number of rotatable bonds is 20. The van der Waals surface area contributed by atoms with Gasteiger partial charge >= 0.3 is 17.6 Å². The highest BCUT2D eigenvalue weighted by molar-refractivity contribution is 6.61. The lowest BCUT2D eigenvalue weighted by molar-refractivity contribution is 0.0774.